The molecule has 2 fully saturated rings. The molecule has 2 aliphatic rings. The molecule has 0 unspecified atom stereocenters. The van der Waals surface area contributed by atoms with Crippen molar-refractivity contribution in [2.75, 3.05) is 6.54 Å². The molecule has 1 aromatic carbocycles. The van der Waals surface area contributed by atoms with Crippen molar-refractivity contribution in [3.8, 4) is 0 Å². The standard InChI is InChI=1S/C20H31N/c1-16(2)21-15-20(18-10-6-5-9-17(18)3)13-19(14-20)11-7-4-8-12-19/h5-6,9-10,16,21H,4,7-8,11-15H2,1-3H3. The molecule has 2 aliphatic carbocycles. The number of aryl methyl sites for hydroxylation is 1. The molecule has 0 saturated heterocycles. The summed E-state index contributed by atoms with van der Waals surface area (Å²) in [5, 5.41) is 3.74. The average Bonchev–Trinajstić information content (AvgIpc) is 2.44. The summed E-state index contributed by atoms with van der Waals surface area (Å²) in [5.74, 6) is 0. The minimum atomic E-state index is 0.396. The van der Waals surface area contributed by atoms with Crippen LogP contribution in [0.25, 0.3) is 0 Å². The molecule has 1 nitrogen and oxygen atoms in total. The molecular weight excluding hydrogens is 254 g/mol. The van der Waals surface area contributed by atoms with Crippen molar-refractivity contribution in [1.82, 2.24) is 5.32 Å². The van der Waals surface area contributed by atoms with Crippen molar-refractivity contribution >= 4 is 0 Å². The Morgan fingerprint density at radius 3 is 2.33 bits per heavy atom. The quantitative estimate of drug-likeness (QED) is 0.823. The third-order valence-electron chi connectivity index (χ3n) is 5.91. The minimum absolute atomic E-state index is 0.396. The number of nitrogens with one attached hydrogen (secondary N) is 1. The van der Waals surface area contributed by atoms with Gasteiger partial charge in [-0.3, -0.25) is 0 Å². The molecule has 3 rings (SSSR count). The van der Waals surface area contributed by atoms with Gasteiger partial charge in [-0.2, -0.15) is 0 Å². The molecule has 0 amide bonds. The van der Waals surface area contributed by atoms with E-state index in [9.17, 15) is 0 Å². The van der Waals surface area contributed by atoms with Crippen LogP contribution in [0.4, 0.5) is 0 Å². The van der Waals surface area contributed by atoms with Gasteiger partial charge < -0.3 is 5.32 Å². The van der Waals surface area contributed by atoms with Crippen LogP contribution in [-0.2, 0) is 5.41 Å². The van der Waals surface area contributed by atoms with Gasteiger partial charge in [-0.15, -0.1) is 0 Å². The maximum atomic E-state index is 3.74. The highest BCUT2D eigenvalue weighted by molar-refractivity contribution is 5.38. The Balaban J connectivity index is 1.82. The fraction of sp³-hybridized carbons (Fsp3) is 0.700. The van der Waals surface area contributed by atoms with Gasteiger partial charge in [0, 0.05) is 18.0 Å². The maximum absolute atomic E-state index is 3.74. The Labute approximate surface area is 130 Å². The second-order valence-electron chi connectivity index (χ2n) is 8.05. The monoisotopic (exact) mass is 285 g/mol. The molecule has 1 spiro atoms. The van der Waals surface area contributed by atoms with Crippen LogP contribution < -0.4 is 5.32 Å². The SMILES string of the molecule is Cc1ccccc1C1(CNC(C)C)CC2(CCCCC2)C1. The van der Waals surface area contributed by atoms with Crippen LogP contribution in [0, 0.1) is 12.3 Å². The molecule has 0 radical (unpaired) electrons. The maximum Gasteiger partial charge on any atom is 0.00910 e. The first-order valence-corrected chi connectivity index (χ1v) is 8.85. The largest absolute Gasteiger partial charge is 0.314 e. The Kier molecular flexibility index (Phi) is 4.14. The van der Waals surface area contributed by atoms with Gasteiger partial charge in [0.1, 0.15) is 0 Å². The third-order valence-corrected chi connectivity index (χ3v) is 5.91. The summed E-state index contributed by atoms with van der Waals surface area (Å²) in [4.78, 5) is 0. The normalized spacial score (nSPS) is 23.2. The molecule has 0 bridgehead atoms. The minimum Gasteiger partial charge on any atom is -0.314 e. The van der Waals surface area contributed by atoms with Crippen LogP contribution in [0.5, 0.6) is 0 Å². The van der Waals surface area contributed by atoms with E-state index in [-0.39, 0.29) is 0 Å². The van der Waals surface area contributed by atoms with Gasteiger partial charge in [-0.1, -0.05) is 57.4 Å². The molecule has 1 N–H and O–H groups in total. The van der Waals surface area contributed by atoms with E-state index in [2.05, 4.69) is 50.4 Å². The van der Waals surface area contributed by atoms with Gasteiger partial charge >= 0.3 is 0 Å². The van der Waals surface area contributed by atoms with Gasteiger partial charge in [0.2, 0.25) is 0 Å². The lowest BCUT2D eigenvalue weighted by Crippen LogP contribution is -2.56. The number of hydrogen-bond acceptors (Lipinski definition) is 1. The molecule has 2 saturated carbocycles. The number of hydrogen-bond donors (Lipinski definition) is 1. The summed E-state index contributed by atoms with van der Waals surface area (Å²) in [6.07, 6.45) is 10.1. The Morgan fingerprint density at radius 1 is 1.05 bits per heavy atom. The Bertz CT molecular complexity index is 474. The molecule has 0 heterocycles. The van der Waals surface area contributed by atoms with Crippen molar-refractivity contribution in [3.63, 3.8) is 0 Å². The zero-order valence-corrected chi connectivity index (χ0v) is 14.0. The lowest BCUT2D eigenvalue weighted by Gasteiger charge is -2.59. The van der Waals surface area contributed by atoms with Gasteiger partial charge in [-0.05, 0) is 49.1 Å². The van der Waals surface area contributed by atoms with Gasteiger partial charge in [0.25, 0.3) is 0 Å². The third kappa shape index (κ3) is 2.90. The summed E-state index contributed by atoms with van der Waals surface area (Å²) >= 11 is 0. The molecule has 0 aromatic heterocycles. The fourth-order valence-electron chi connectivity index (χ4n) is 5.02. The molecule has 116 valence electrons. The van der Waals surface area contributed by atoms with Crippen molar-refractivity contribution in [2.24, 2.45) is 5.41 Å². The first-order chi connectivity index (χ1) is 10.1. The molecule has 0 atom stereocenters. The predicted octanol–water partition coefficient (Wildman–Crippen LogP) is 4.98. The first-order valence-electron chi connectivity index (χ1n) is 8.85. The Morgan fingerprint density at radius 2 is 1.71 bits per heavy atom. The van der Waals surface area contributed by atoms with Gasteiger partial charge in [0.05, 0.1) is 0 Å². The highest BCUT2D eigenvalue weighted by atomic mass is 14.9. The number of rotatable bonds is 4. The van der Waals surface area contributed by atoms with Crippen LogP contribution >= 0.6 is 0 Å². The Hall–Kier alpha value is -0.820. The second-order valence-corrected chi connectivity index (χ2v) is 8.05. The van der Waals surface area contributed by atoms with E-state index >= 15 is 0 Å². The van der Waals surface area contributed by atoms with Gasteiger partial charge in [0.15, 0.2) is 0 Å². The highest BCUT2D eigenvalue weighted by Gasteiger charge is 2.54. The van der Waals surface area contributed by atoms with E-state index in [4.69, 9.17) is 0 Å². The molecule has 1 aromatic rings. The highest BCUT2D eigenvalue weighted by Crippen LogP contribution is 2.62. The predicted molar refractivity (Wildman–Crippen MR) is 90.7 cm³/mol. The lowest BCUT2D eigenvalue weighted by atomic mass is 9.46. The molecule has 1 heteroatoms. The summed E-state index contributed by atoms with van der Waals surface area (Å²) in [6.45, 7) is 7.97. The van der Waals surface area contributed by atoms with Crippen LogP contribution in [0.2, 0.25) is 0 Å². The topological polar surface area (TPSA) is 12.0 Å². The van der Waals surface area contributed by atoms with E-state index in [0.717, 1.165) is 6.54 Å². The van der Waals surface area contributed by atoms with Crippen LogP contribution in [0.3, 0.4) is 0 Å². The molecule has 21 heavy (non-hydrogen) atoms. The summed E-state index contributed by atoms with van der Waals surface area (Å²) < 4.78 is 0. The van der Waals surface area contributed by atoms with Crippen LogP contribution in [0.1, 0.15) is 69.9 Å². The number of benzene rings is 1. The van der Waals surface area contributed by atoms with Crippen molar-refractivity contribution in [1.29, 1.82) is 0 Å². The summed E-state index contributed by atoms with van der Waals surface area (Å²) in [7, 11) is 0. The fourth-order valence-corrected chi connectivity index (χ4v) is 5.02. The lowest BCUT2D eigenvalue weighted by molar-refractivity contribution is -0.0139. The second kappa shape index (κ2) is 5.76. The van der Waals surface area contributed by atoms with E-state index < -0.39 is 0 Å². The van der Waals surface area contributed by atoms with Crippen LogP contribution in [0.15, 0.2) is 24.3 Å². The average molecular weight is 285 g/mol. The van der Waals surface area contributed by atoms with E-state index in [1.807, 2.05) is 0 Å². The smallest absolute Gasteiger partial charge is 0.00910 e. The summed E-state index contributed by atoms with van der Waals surface area (Å²) in [6, 6.07) is 9.66. The summed E-state index contributed by atoms with van der Waals surface area (Å²) in [5.41, 5.74) is 4.16. The van der Waals surface area contributed by atoms with E-state index in [1.54, 1.807) is 5.56 Å². The molecular formula is C20H31N. The van der Waals surface area contributed by atoms with Gasteiger partial charge in [-0.25, -0.2) is 0 Å². The van der Waals surface area contributed by atoms with Crippen molar-refractivity contribution in [3.05, 3.63) is 35.4 Å². The van der Waals surface area contributed by atoms with E-state index in [1.165, 1.54) is 50.5 Å². The zero-order chi connectivity index (χ0) is 14.9. The van der Waals surface area contributed by atoms with Crippen LogP contribution in [-0.4, -0.2) is 12.6 Å². The van der Waals surface area contributed by atoms with Crippen molar-refractivity contribution < 1.29 is 0 Å². The van der Waals surface area contributed by atoms with Crippen molar-refractivity contribution in [2.45, 2.75) is 77.2 Å². The van der Waals surface area contributed by atoms with E-state index in [0.29, 0.717) is 16.9 Å². The first kappa shape index (κ1) is 15.1. The zero-order valence-electron chi connectivity index (χ0n) is 14.0. The molecule has 0 aliphatic heterocycles.